The van der Waals surface area contributed by atoms with E-state index in [0.29, 0.717) is 11.9 Å². The molecule has 3 N–H and O–H groups in total. The van der Waals surface area contributed by atoms with E-state index in [9.17, 15) is 0 Å². The molecule has 0 aliphatic rings. The van der Waals surface area contributed by atoms with Gasteiger partial charge in [0.15, 0.2) is 0 Å². The van der Waals surface area contributed by atoms with Crippen LogP contribution in [0.4, 0.5) is 0 Å². The summed E-state index contributed by atoms with van der Waals surface area (Å²) in [6.45, 7) is 11.2. The van der Waals surface area contributed by atoms with Crippen molar-refractivity contribution in [2.24, 2.45) is 16.3 Å². The second-order valence-corrected chi connectivity index (χ2v) is 5.76. The maximum atomic E-state index is 8.73. The van der Waals surface area contributed by atoms with E-state index in [1.165, 1.54) is 0 Å². The van der Waals surface area contributed by atoms with Crippen LogP contribution in [-0.4, -0.2) is 48.8 Å². The molecule has 0 aromatic heterocycles. The molecule has 0 aromatic carbocycles. The normalized spacial score (nSPS) is 14.9. The standard InChI is InChI=1S/C14H31N3O2/c1-6-17(12(2)11-19-5)10-8-7-9-14(3,4)13(15)16-18/h12,18H,6-11H2,1-5H3,(H2,15,16). The molecule has 1 atom stereocenters. The van der Waals surface area contributed by atoms with E-state index in [1.54, 1.807) is 7.11 Å². The number of rotatable bonds is 10. The SMILES string of the molecule is CCN(CCCCC(C)(C)C(N)=NO)C(C)COC. The molecule has 1 unspecified atom stereocenters. The summed E-state index contributed by atoms with van der Waals surface area (Å²) in [6, 6.07) is 0.451. The van der Waals surface area contributed by atoms with Crippen LogP contribution in [0.5, 0.6) is 0 Å². The highest BCUT2D eigenvalue weighted by Crippen LogP contribution is 2.23. The van der Waals surface area contributed by atoms with E-state index < -0.39 is 0 Å². The number of amidine groups is 1. The Morgan fingerprint density at radius 1 is 1.42 bits per heavy atom. The summed E-state index contributed by atoms with van der Waals surface area (Å²) in [5, 5.41) is 11.8. The summed E-state index contributed by atoms with van der Waals surface area (Å²) >= 11 is 0. The number of unbranched alkanes of at least 4 members (excludes halogenated alkanes) is 1. The number of likely N-dealkylation sites (N-methyl/N-ethyl adjacent to an activating group) is 1. The van der Waals surface area contributed by atoms with Crippen molar-refractivity contribution in [1.82, 2.24) is 4.90 Å². The molecule has 0 heterocycles. The Balaban J connectivity index is 4.02. The second kappa shape index (κ2) is 9.15. The van der Waals surface area contributed by atoms with Crippen LogP contribution in [0.25, 0.3) is 0 Å². The number of ether oxygens (including phenoxy) is 1. The summed E-state index contributed by atoms with van der Waals surface area (Å²) in [6.07, 6.45) is 3.11. The lowest BCUT2D eigenvalue weighted by Crippen LogP contribution is -2.37. The quantitative estimate of drug-likeness (QED) is 0.211. The lowest BCUT2D eigenvalue weighted by atomic mass is 9.86. The molecule has 0 radical (unpaired) electrons. The Hall–Kier alpha value is -0.810. The fourth-order valence-electron chi connectivity index (χ4n) is 2.18. The van der Waals surface area contributed by atoms with Crippen LogP contribution >= 0.6 is 0 Å². The van der Waals surface area contributed by atoms with Crippen LogP contribution in [0.1, 0.15) is 47.0 Å². The van der Waals surface area contributed by atoms with Gasteiger partial charge in [-0.15, -0.1) is 0 Å². The number of oxime groups is 1. The van der Waals surface area contributed by atoms with E-state index in [-0.39, 0.29) is 5.41 Å². The monoisotopic (exact) mass is 273 g/mol. The third kappa shape index (κ3) is 6.78. The number of hydrogen-bond donors (Lipinski definition) is 2. The Morgan fingerprint density at radius 3 is 2.53 bits per heavy atom. The van der Waals surface area contributed by atoms with Crippen LogP contribution in [-0.2, 0) is 4.74 Å². The molecular formula is C14H31N3O2. The molecular weight excluding hydrogens is 242 g/mol. The van der Waals surface area contributed by atoms with Crippen molar-refractivity contribution in [3.05, 3.63) is 0 Å². The zero-order valence-electron chi connectivity index (χ0n) is 13.1. The number of hydrogen-bond acceptors (Lipinski definition) is 4. The maximum absolute atomic E-state index is 8.73. The van der Waals surface area contributed by atoms with E-state index in [0.717, 1.165) is 39.0 Å². The third-order valence-corrected chi connectivity index (χ3v) is 3.74. The summed E-state index contributed by atoms with van der Waals surface area (Å²) < 4.78 is 5.19. The number of methoxy groups -OCH3 is 1. The highest BCUT2D eigenvalue weighted by molar-refractivity contribution is 5.85. The Kier molecular flexibility index (Phi) is 8.76. The van der Waals surface area contributed by atoms with Gasteiger partial charge in [-0.2, -0.15) is 0 Å². The summed E-state index contributed by atoms with van der Waals surface area (Å²) in [5.41, 5.74) is 5.45. The lowest BCUT2D eigenvalue weighted by Gasteiger charge is -2.28. The minimum Gasteiger partial charge on any atom is -0.409 e. The van der Waals surface area contributed by atoms with E-state index >= 15 is 0 Å². The number of nitrogens with zero attached hydrogens (tertiary/aromatic N) is 2. The van der Waals surface area contributed by atoms with Gasteiger partial charge in [0.2, 0.25) is 0 Å². The maximum Gasteiger partial charge on any atom is 0.144 e. The predicted molar refractivity (Wildman–Crippen MR) is 79.6 cm³/mol. The molecule has 0 fully saturated rings. The van der Waals surface area contributed by atoms with E-state index in [2.05, 4.69) is 23.9 Å². The van der Waals surface area contributed by atoms with Gasteiger partial charge in [0, 0.05) is 18.6 Å². The van der Waals surface area contributed by atoms with Crippen LogP contribution in [0, 0.1) is 5.41 Å². The van der Waals surface area contributed by atoms with Crippen molar-refractivity contribution < 1.29 is 9.94 Å². The van der Waals surface area contributed by atoms with Gasteiger partial charge in [-0.3, -0.25) is 4.90 Å². The van der Waals surface area contributed by atoms with Gasteiger partial charge in [0.1, 0.15) is 5.84 Å². The minimum atomic E-state index is -0.232. The molecule has 0 aliphatic carbocycles. The Bertz CT molecular complexity index is 267. The third-order valence-electron chi connectivity index (χ3n) is 3.74. The van der Waals surface area contributed by atoms with Gasteiger partial charge in [0.25, 0.3) is 0 Å². The van der Waals surface area contributed by atoms with Crippen molar-refractivity contribution in [3.8, 4) is 0 Å². The Labute approximate surface area is 117 Å². The van der Waals surface area contributed by atoms with Crippen molar-refractivity contribution in [2.45, 2.75) is 53.0 Å². The highest BCUT2D eigenvalue weighted by atomic mass is 16.5. The summed E-state index contributed by atoms with van der Waals surface area (Å²) in [5.74, 6) is 0.313. The van der Waals surface area contributed by atoms with E-state index in [4.69, 9.17) is 15.7 Å². The molecule has 5 heteroatoms. The minimum absolute atomic E-state index is 0.232. The van der Waals surface area contributed by atoms with Gasteiger partial charge >= 0.3 is 0 Å². The van der Waals surface area contributed by atoms with Gasteiger partial charge in [-0.25, -0.2) is 0 Å². The first-order valence-electron chi connectivity index (χ1n) is 7.10. The first-order valence-corrected chi connectivity index (χ1v) is 7.10. The molecule has 0 aliphatic heterocycles. The highest BCUT2D eigenvalue weighted by Gasteiger charge is 2.23. The Morgan fingerprint density at radius 2 is 2.05 bits per heavy atom. The fourth-order valence-corrected chi connectivity index (χ4v) is 2.18. The zero-order chi connectivity index (χ0) is 14.9. The zero-order valence-corrected chi connectivity index (χ0v) is 13.1. The van der Waals surface area contributed by atoms with Crippen LogP contribution in [0.2, 0.25) is 0 Å². The average Bonchev–Trinajstić information content (AvgIpc) is 2.37. The number of nitrogens with two attached hydrogens (primary N) is 1. The molecule has 0 bridgehead atoms. The molecule has 5 nitrogen and oxygen atoms in total. The largest absolute Gasteiger partial charge is 0.409 e. The van der Waals surface area contributed by atoms with Gasteiger partial charge in [0.05, 0.1) is 6.61 Å². The molecule has 0 saturated heterocycles. The second-order valence-electron chi connectivity index (χ2n) is 5.76. The van der Waals surface area contributed by atoms with Gasteiger partial charge in [-0.1, -0.05) is 32.3 Å². The molecule has 0 rings (SSSR count). The molecule has 0 amide bonds. The van der Waals surface area contributed by atoms with Crippen LogP contribution in [0.3, 0.4) is 0 Å². The van der Waals surface area contributed by atoms with Crippen molar-refractivity contribution >= 4 is 5.84 Å². The van der Waals surface area contributed by atoms with Crippen molar-refractivity contribution in [1.29, 1.82) is 0 Å². The topological polar surface area (TPSA) is 71.1 Å². The van der Waals surface area contributed by atoms with E-state index in [1.807, 2.05) is 13.8 Å². The van der Waals surface area contributed by atoms with Crippen LogP contribution in [0.15, 0.2) is 5.16 Å². The summed E-state index contributed by atoms with van der Waals surface area (Å²) in [4.78, 5) is 2.42. The predicted octanol–water partition coefficient (Wildman–Crippen LogP) is 2.29. The smallest absolute Gasteiger partial charge is 0.144 e. The van der Waals surface area contributed by atoms with Crippen molar-refractivity contribution in [2.75, 3.05) is 26.8 Å². The van der Waals surface area contributed by atoms with Crippen molar-refractivity contribution in [3.63, 3.8) is 0 Å². The summed E-state index contributed by atoms with van der Waals surface area (Å²) in [7, 11) is 1.74. The molecule has 0 saturated carbocycles. The molecule has 0 spiro atoms. The van der Waals surface area contributed by atoms with Gasteiger partial charge < -0.3 is 15.7 Å². The fraction of sp³-hybridized carbons (Fsp3) is 0.929. The molecule has 114 valence electrons. The average molecular weight is 273 g/mol. The van der Waals surface area contributed by atoms with Gasteiger partial charge in [-0.05, 0) is 32.9 Å². The first-order chi connectivity index (χ1) is 8.88. The lowest BCUT2D eigenvalue weighted by molar-refractivity contribution is 0.101. The molecule has 0 aromatic rings. The van der Waals surface area contributed by atoms with Crippen LogP contribution < -0.4 is 5.73 Å². The first kappa shape index (κ1) is 18.2. The molecule has 19 heavy (non-hydrogen) atoms.